The Balaban J connectivity index is 1.64. The van der Waals surface area contributed by atoms with Crippen molar-refractivity contribution < 1.29 is 14.3 Å². The maximum atomic E-state index is 12.5. The van der Waals surface area contributed by atoms with Crippen molar-refractivity contribution in [2.75, 3.05) is 17.2 Å². The lowest BCUT2D eigenvalue weighted by Crippen LogP contribution is -2.20. The van der Waals surface area contributed by atoms with E-state index >= 15 is 0 Å². The molecule has 0 aromatic heterocycles. The van der Waals surface area contributed by atoms with Gasteiger partial charge in [0.2, 0.25) is 0 Å². The molecule has 0 aliphatic heterocycles. The molecule has 0 atom stereocenters. The molecule has 166 valence electrons. The zero-order valence-corrected chi connectivity index (χ0v) is 18.8. The van der Waals surface area contributed by atoms with Crippen molar-refractivity contribution in [3.8, 4) is 11.8 Å². The molecular formula is C27H25N3O3. The third-order valence-corrected chi connectivity index (χ3v) is 5.06. The maximum absolute atomic E-state index is 12.5. The van der Waals surface area contributed by atoms with Gasteiger partial charge < -0.3 is 15.4 Å². The molecule has 0 radical (unpaired) electrons. The molecular weight excluding hydrogens is 414 g/mol. The van der Waals surface area contributed by atoms with Gasteiger partial charge in [-0.25, -0.2) is 0 Å². The summed E-state index contributed by atoms with van der Waals surface area (Å²) in [7, 11) is 0. The number of carbonyl (C=O) groups is 2. The van der Waals surface area contributed by atoms with Crippen LogP contribution in [0.4, 0.5) is 11.4 Å². The summed E-state index contributed by atoms with van der Waals surface area (Å²) < 4.78 is 5.61. The van der Waals surface area contributed by atoms with E-state index < -0.39 is 5.91 Å². The van der Waals surface area contributed by atoms with Gasteiger partial charge in [-0.1, -0.05) is 36.4 Å². The third kappa shape index (κ3) is 6.55. The van der Waals surface area contributed by atoms with Crippen molar-refractivity contribution in [3.05, 3.63) is 94.6 Å². The molecule has 6 heteroatoms. The highest BCUT2D eigenvalue weighted by Crippen LogP contribution is 2.19. The van der Waals surface area contributed by atoms with E-state index in [-0.39, 0.29) is 18.1 Å². The van der Waals surface area contributed by atoms with E-state index in [1.165, 1.54) is 6.08 Å². The zero-order chi connectivity index (χ0) is 23.8. The van der Waals surface area contributed by atoms with Gasteiger partial charge >= 0.3 is 0 Å². The molecule has 0 aliphatic rings. The van der Waals surface area contributed by atoms with E-state index in [1.54, 1.807) is 30.3 Å². The van der Waals surface area contributed by atoms with Crippen LogP contribution in [0.3, 0.4) is 0 Å². The van der Waals surface area contributed by atoms with Crippen LogP contribution in [-0.2, 0) is 9.59 Å². The Hall–Kier alpha value is -4.37. The second-order valence-corrected chi connectivity index (χ2v) is 7.65. The average molecular weight is 440 g/mol. The highest BCUT2D eigenvalue weighted by atomic mass is 16.5. The average Bonchev–Trinajstić information content (AvgIpc) is 2.79. The predicted octanol–water partition coefficient (Wildman–Crippen LogP) is 5.18. The molecule has 0 spiro atoms. The van der Waals surface area contributed by atoms with Crippen LogP contribution in [0.2, 0.25) is 0 Å². The summed E-state index contributed by atoms with van der Waals surface area (Å²) in [6.45, 7) is 5.69. The first-order valence-electron chi connectivity index (χ1n) is 10.4. The summed E-state index contributed by atoms with van der Waals surface area (Å²) in [5.74, 6) is -0.321. The SMILES string of the molecule is Cc1cccc(NC(=O)/C(C#N)=C/c2cccc(OCC(=O)Nc3cccc(C)c3C)c2)c1. The summed E-state index contributed by atoms with van der Waals surface area (Å²) in [6, 6.07) is 21.8. The molecule has 2 N–H and O–H groups in total. The van der Waals surface area contributed by atoms with Gasteiger partial charge in [0, 0.05) is 11.4 Å². The van der Waals surface area contributed by atoms with Crippen molar-refractivity contribution in [1.82, 2.24) is 0 Å². The topological polar surface area (TPSA) is 91.2 Å². The molecule has 0 aliphatic carbocycles. The van der Waals surface area contributed by atoms with Crippen LogP contribution in [0.1, 0.15) is 22.3 Å². The molecule has 0 heterocycles. The van der Waals surface area contributed by atoms with Gasteiger partial charge in [-0.15, -0.1) is 0 Å². The quantitative estimate of drug-likeness (QED) is 0.392. The number of rotatable bonds is 7. The lowest BCUT2D eigenvalue weighted by Gasteiger charge is -2.11. The fraction of sp³-hybridized carbons (Fsp3) is 0.148. The highest BCUT2D eigenvalue weighted by Gasteiger charge is 2.11. The molecule has 3 aromatic rings. The van der Waals surface area contributed by atoms with Crippen LogP contribution in [0.5, 0.6) is 5.75 Å². The standard InChI is InChI=1S/C27H25N3O3/c1-18-7-4-10-23(13-18)29-27(32)22(16-28)14-21-9-6-11-24(15-21)33-17-26(31)30-25-12-5-8-19(2)20(25)3/h4-15H,17H2,1-3H3,(H,29,32)(H,30,31)/b22-14+. The first kappa shape index (κ1) is 23.3. The fourth-order valence-corrected chi connectivity index (χ4v) is 3.15. The Morgan fingerprint density at radius 3 is 2.48 bits per heavy atom. The number of benzene rings is 3. The Labute approximate surface area is 193 Å². The van der Waals surface area contributed by atoms with E-state index in [9.17, 15) is 14.9 Å². The normalized spacial score (nSPS) is 10.8. The summed E-state index contributed by atoms with van der Waals surface area (Å²) in [4.78, 5) is 24.8. The number of hydrogen-bond donors (Lipinski definition) is 2. The number of nitrogens with one attached hydrogen (secondary N) is 2. The van der Waals surface area contributed by atoms with E-state index in [2.05, 4.69) is 10.6 Å². The second kappa shape index (κ2) is 10.8. The smallest absolute Gasteiger partial charge is 0.266 e. The Bertz CT molecular complexity index is 1260. The van der Waals surface area contributed by atoms with Crippen LogP contribution in [0.15, 0.2) is 72.3 Å². The summed E-state index contributed by atoms with van der Waals surface area (Å²) in [6.07, 6.45) is 1.48. The molecule has 33 heavy (non-hydrogen) atoms. The lowest BCUT2D eigenvalue weighted by atomic mass is 10.1. The Morgan fingerprint density at radius 2 is 1.73 bits per heavy atom. The van der Waals surface area contributed by atoms with Crippen LogP contribution in [0.25, 0.3) is 6.08 Å². The fourth-order valence-electron chi connectivity index (χ4n) is 3.15. The van der Waals surface area contributed by atoms with Gasteiger partial charge in [-0.3, -0.25) is 9.59 Å². The zero-order valence-electron chi connectivity index (χ0n) is 18.8. The van der Waals surface area contributed by atoms with E-state index in [0.717, 1.165) is 22.4 Å². The second-order valence-electron chi connectivity index (χ2n) is 7.65. The van der Waals surface area contributed by atoms with Crippen molar-refractivity contribution in [3.63, 3.8) is 0 Å². The number of carbonyl (C=O) groups excluding carboxylic acids is 2. The number of amides is 2. The van der Waals surface area contributed by atoms with Crippen molar-refractivity contribution in [2.45, 2.75) is 20.8 Å². The first-order chi connectivity index (χ1) is 15.9. The van der Waals surface area contributed by atoms with Gasteiger partial charge in [-0.05, 0) is 79.4 Å². The minimum Gasteiger partial charge on any atom is -0.484 e. The summed E-state index contributed by atoms with van der Waals surface area (Å²) >= 11 is 0. The van der Waals surface area contributed by atoms with Crippen molar-refractivity contribution in [1.29, 1.82) is 5.26 Å². The minimum absolute atomic E-state index is 0.0404. The number of nitrogens with zero attached hydrogens (tertiary/aromatic N) is 1. The number of anilines is 2. The minimum atomic E-state index is -0.498. The van der Waals surface area contributed by atoms with Crippen LogP contribution in [-0.4, -0.2) is 18.4 Å². The Morgan fingerprint density at radius 1 is 0.970 bits per heavy atom. The monoisotopic (exact) mass is 439 g/mol. The number of aryl methyl sites for hydroxylation is 2. The maximum Gasteiger partial charge on any atom is 0.266 e. The molecule has 3 aromatic carbocycles. The van der Waals surface area contributed by atoms with E-state index in [4.69, 9.17) is 4.74 Å². The Kier molecular flexibility index (Phi) is 7.61. The van der Waals surface area contributed by atoms with Crippen molar-refractivity contribution >= 4 is 29.3 Å². The van der Waals surface area contributed by atoms with Crippen LogP contribution in [0, 0.1) is 32.1 Å². The largest absolute Gasteiger partial charge is 0.484 e. The highest BCUT2D eigenvalue weighted by molar-refractivity contribution is 6.09. The number of ether oxygens (including phenoxy) is 1. The van der Waals surface area contributed by atoms with Gasteiger partial charge in [0.05, 0.1) is 0 Å². The molecule has 0 saturated carbocycles. The molecule has 6 nitrogen and oxygen atoms in total. The van der Waals surface area contributed by atoms with Gasteiger partial charge in [-0.2, -0.15) is 5.26 Å². The van der Waals surface area contributed by atoms with E-state index in [0.29, 0.717) is 17.0 Å². The third-order valence-electron chi connectivity index (χ3n) is 5.06. The summed E-state index contributed by atoms with van der Waals surface area (Å²) in [5, 5.41) is 15.0. The number of nitriles is 1. The van der Waals surface area contributed by atoms with Crippen molar-refractivity contribution in [2.24, 2.45) is 0 Å². The predicted molar refractivity (Wildman–Crippen MR) is 130 cm³/mol. The summed E-state index contributed by atoms with van der Waals surface area (Å²) in [5.41, 5.74) is 5.03. The molecule has 0 bridgehead atoms. The molecule has 3 rings (SSSR count). The first-order valence-corrected chi connectivity index (χ1v) is 10.4. The molecule has 2 amide bonds. The van der Waals surface area contributed by atoms with Gasteiger partial charge in [0.1, 0.15) is 17.4 Å². The lowest BCUT2D eigenvalue weighted by molar-refractivity contribution is -0.118. The molecule has 0 saturated heterocycles. The van der Waals surface area contributed by atoms with Crippen LogP contribution < -0.4 is 15.4 Å². The number of hydrogen-bond acceptors (Lipinski definition) is 4. The van der Waals surface area contributed by atoms with Gasteiger partial charge in [0.15, 0.2) is 6.61 Å². The molecule has 0 unspecified atom stereocenters. The molecule has 0 fully saturated rings. The van der Waals surface area contributed by atoms with Crippen LogP contribution >= 0.6 is 0 Å². The van der Waals surface area contributed by atoms with Gasteiger partial charge in [0.25, 0.3) is 11.8 Å². The van der Waals surface area contributed by atoms with E-state index in [1.807, 2.05) is 63.2 Å².